The predicted octanol–water partition coefficient (Wildman–Crippen LogP) is 15.0. The number of benzene rings is 8. The number of rotatable bonds is 4. The first kappa shape index (κ1) is 38.4. The van der Waals surface area contributed by atoms with E-state index in [9.17, 15) is 26.3 Å². The number of alkyl halides is 6. The molecule has 0 radical (unpaired) electrons. The lowest BCUT2D eigenvalue weighted by atomic mass is 9.77. The summed E-state index contributed by atoms with van der Waals surface area (Å²) in [5.74, 6) is -21.4. The van der Waals surface area contributed by atoms with Crippen LogP contribution < -0.4 is 0 Å². The van der Waals surface area contributed by atoms with Gasteiger partial charge in [0.05, 0.1) is 11.1 Å². The van der Waals surface area contributed by atoms with Gasteiger partial charge in [-0.15, -0.1) is 0 Å². The van der Waals surface area contributed by atoms with Crippen LogP contribution in [0.25, 0.3) is 76.8 Å². The highest BCUT2D eigenvalue weighted by Gasteiger charge is 2.45. The highest BCUT2D eigenvalue weighted by atomic mass is 19.4. The average Bonchev–Trinajstić information content (AvgIpc) is 3.19. The first-order valence-electron chi connectivity index (χ1n) is 16.9. The molecule has 0 unspecified atom stereocenters. The SMILES string of the molecule is Fc1c(F)c(C(F)(F)F)c(F)c(F)c1-c1c2ccccc2c(-c2c(F)c(F)c(C(F)(F)F)c(F)c2F)c2c(-c3ccccc3)c3ccccc3c(-c3ccccc3)c12. The smallest absolute Gasteiger partial charge is 0.203 e. The second-order valence-corrected chi connectivity index (χ2v) is 13.1. The average molecular weight is 813 g/mol. The van der Waals surface area contributed by atoms with Crippen molar-refractivity contribution < 1.29 is 61.5 Å². The predicted molar refractivity (Wildman–Crippen MR) is 190 cm³/mol. The Hall–Kier alpha value is -6.44. The maximum absolute atomic E-state index is 16.5. The summed E-state index contributed by atoms with van der Waals surface area (Å²) >= 11 is 0. The largest absolute Gasteiger partial charge is 0.422 e. The Balaban J connectivity index is 1.80. The van der Waals surface area contributed by atoms with Crippen molar-refractivity contribution in [3.05, 3.63) is 167 Å². The molecule has 0 amide bonds. The van der Waals surface area contributed by atoms with Gasteiger partial charge in [0.1, 0.15) is 11.1 Å². The fourth-order valence-corrected chi connectivity index (χ4v) is 7.66. The van der Waals surface area contributed by atoms with Crippen molar-refractivity contribution in [2.24, 2.45) is 0 Å². The topological polar surface area (TPSA) is 0 Å². The van der Waals surface area contributed by atoms with Crippen LogP contribution in [-0.4, -0.2) is 0 Å². The molecule has 0 atom stereocenters. The van der Waals surface area contributed by atoms with Crippen LogP contribution in [0, 0.1) is 46.5 Å². The zero-order valence-electron chi connectivity index (χ0n) is 28.7. The van der Waals surface area contributed by atoms with Gasteiger partial charge in [-0.2, -0.15) is 26.3 Å². The zero-order chi connectivity index (χ0) is 41.6. The molecule has 0 bridgehead atoms. The Morgan fingerprint density at radius 1 is 0.259 bits per heavy atom. The van der Waals surface area contributed by atoms with E-state index in [4.69, 9.17) is 0 Å². The van der Waals surface area contributed by atoms with Crippen molar-refractivity contribution >= 4 is 32.3 Å². The molecule has 0 heterocycles. The molecule has 0 nitrogen and oxygen atoms in total. The van der Waals surface area contributed by atoms with Crippen molar-refractivity contribution in [1.82, 2.24) is 0 Å². The first-order chi connectivity index (χ1) is 27.5. The number of hydrogen-bond donors (Lipinski definition) is 0. The number of fused-ring (bicyclic) bond motifs is 3. The number of hydrogen-bond acceptors (Lipinski definition) is 0. The van der Waals surface area contributed by atoms with Crippen LogP contribution in [0.5, 0.6) is 0 Å². The molecule has 0 spiro atoms. The summed E-state index contributed by atoms with van der Waals surface area (Å²) in [7, 11) is 0. The minimum atomic E-state index is -5.94. The Morgan fingerprint density at radius 2 is 0.500 bits per heavy atom. The third-order valence-electron chi connectivity index (χ3n) is 9.90. The van der Waals surface area contributed by atoms with Gasteiger partial charge in [0.2, 0.25) is 0 Å². The third-order valence-corrected chi connectivity index (χ3v) is 9.90. The van der Waals surface area contributed by atoms with E-state index in [1.54, 1.807) is 12.1 Å². The summed E-state index contributed by atoms with van der Waals surface area (Å²) in [6.45, 7) is 0. The minimum Gasteiger partial charge on any atom is -0.203 e. The zero-order valence-corrected chi connectivity index (χ0v) is 28.7. The van der Waals surface area contributed by atoms with Crippen LogP contribution in [0.3, 0.4) is 0 Å². The van der Waals surface area contributed by atoms with Crippen molar-refractivity contribution in [2.75, 3.05) is 0 Å². The Kier molecular flexibility index (Phi) is 9.01. The molecule has 0 N–H and O–H groups in total. The van der Waals surface area contributed by atoms with Crippen LogP contribution in [0.15, 0.2) is 109 Å². The molecule has 8 rings (SSSR count). The van der Waals surface area contributed by atoms with Gasteiger partial charge in [0.25, 0.3) is 0 Å². The van der Waals surface area contributed by atoms with Gasteiger partial charge < -0.3 is 0 Å². The third kappa shape index (κ3) is 5.67. The van der Waals surface area contributed by atoms with Crippen molar-refractivity contribution in [3.8, 4) is 44.5 Å². The highest BCUT2D eigenvalue weighted by Crippen LogP contribution is 2.56. The van der Waals surface area contributed by atoms with Crippen molar-refractivity contribution in [2.45, 2.75) is 12.4 Å². The summed E-state index contributed by atoms with van der Waals surface area (Å²) in [6, 6.07) is 25.1. The van der Waals surface area contributed by atoms with Crippen LogP contribution in [0.1, 0.15) is 11.1 Å². The molecule has 58 heavy (non-hydrogen) atoms. The molecule has 0 fully saturated rings. The molecule has 8 aromatic carbocycles. The first-order valence-corrected chi connectivity index (χ1v) is 16.9. The molecule has 14 heteroatoms. The quantitative estimate of drug-likeness (QED) is 0.0943. The van der Waals surface area contributed by atoms with E-state index in [2.05, 4.69) is 0 Å². The maximum Gasteiger partial charge on any atom is 0.422 e. The maximum atomic E-state index is 16.5. The number of halogens is 14. The molecular formula is C44H18F14. The monoisotopic (exact) mass is 812 g/mol. The van der Waals surface area contributed by atoms with E-state index < -0.39 is 114 Å². The van der Waals surface area contributed by atoms with Crippen LogP contribution in [0.2, 0.25) is 0 Å². The van der Waals surface area contributed by atoms with E-state index in [1.165, 1.54) is 72.8 Å². The van der Waals surface area contributed by atoms with Crippen LogP contribution in [0.4, 0.5) is 61.5 Å². The van der Waals surface area contributed by atoms with Gasteiger partial charge in [-0.1, -0.05) is 109 Å². The Labute approximate surface area is 317 Å². The second kappa shape index (κ2) is 13.6. The lowest BCUT2D eigenvalue weighted by Crippen LogP contribution is -2.16. The molecule has 0 aliphatic carbocycles. The molecule has 0 aliphatic rings. The molecule has 0 saturated heterocycles. The summed E-state index contributed by atoms with van der Waals surface area (Å²) in [5.41, 5.74) is -10.9. The molecular weight excluding hydrogens is 794 g/mol. The van der Waals surface area contributed by atoms with E-state index in [0.717, 1.165) is 24.3 Å². The van der Waals surface area contributed by atoms with E-state index in [-0.39, 0.29) is 33.0 Å². The minimum absolute atomic E-state index is 0.110. The molecule has 0 aromatic heterocycles. The lowest BCUT2D eigenvalue weighted by Gasteiger charge is -2.26. The van der Waals surface area contributed by atoms with Crippen LogP contribution in [-0.2, 0) is 12.4 Å². The van der Waals surface area contributed by atoms with Gasteiger partial charge in [-0.05, 0) is 43.8 Å². The van der Waals surface area contributed by atoms with E-state index in [1.807, 2.05) is 0 Å². The standard InChI is InChI=1S/C44H18F14/c45-35-31(36(46)40(50)33(39(35)49)43(53,54)55)27-23-17-9-10-18-24(23)28(32-37(47)41(51)34(44(56,57)58)42(52)38(32)48)30-26(20-13-5-2-6-14-20)22-16-8-7-15-21(22)25(29(27)30)19-11-3-1-4-12-19/h1-18H. The fourth-order valence-electron chi connectivity index (χ4n) is 7.66. The lowest BCUT2D eigenvalue weighted by molar-refractivity contribution is -0.144. The normalized spacial score (nSPS) is 12.3. The van der Waals surface area contributed by atoms with E-state index >= 15 is 35.1 Å². The van der Waals surface area contributed by atoms with Gasteiger partial charge in [-0.25, -0.2) is 35.1 Å². The molecule has 8 aromatic rings. The summed E-state index contributed by atoms with van der Waals surface area (Å²) in [5, 5.41) is -1.94. The van der Waals surface area contributed by atoms with Gasteiger partial charge >= 0.3 is 12.4 Å². The molecule has 0 saturated carbocycles. The fraction of sp³-hybridized carbons (Fsp3) is 0.0455. The van der Waals surface area contributed by atoms with Gasteiger partial charge in [0.15, 0.2) is 46.5 Å². The summed E-state index contributed by atoms with van der Waals surface area (Å²) in [4.78, 5) is 0. The summed E-state index contributed by atoms with van der Waals surface area (Å²) in [6.07, 6.45) is -11.9. The second-order valence-electron chi connectivity index (χ2n) is 13.1. The highest BCUT2D eigenvalue weighted by molar-refractivity contribution is 6.34. The Bertz CT molecular complexity index is 2730. The van der Waals surface area contributed by atoms with Crippen molar-refractivity contribution in [1.29, 1.82) is 0 Å². The molecule has 292 valence electrons. The van der Waals surface area contributed by atoms with Gasteiger partial charge in [-0.3, -0.25) is 0 Å². The Morgan fingerprint density at radius 3 is 0.759 bits per heavy atom. The van der Waals surface area contributed by atoms with Crippen molar-refractivity contribution in [3.63, 3.8) is 0 Å². The summed E-state index contributed by atoms with van der Waals surface area (Å²) < 4.78 is 211. The van der Waals surface area contributed by atoms with Crippen LogP contribution >= 0.6 is 0 Å². The van der Waals surface area contributed by atoms with Gasteiger partial charge in [0, 0.05) is 21.9 Å². The van der Waals surface area contributed by atoms with E-state index in [0.29, 0.717) is 0 Å². The molecule has 0 aliphatic heterocycles.